The second kappa shape index (κ2) is 7.80. The van der Waals surface area contributed by atoms with E-state index in [0.717, 1.165) is 6.07 Å². The molecule has 1 fully saturated rings. The Labute approximate surface area is 167 Å². The maximum absolute atomic E-state index is 14.0. The van der Waals surface area contributed by atoms with E-state index in [9.17, 15) is 12.8 Å². The van der Waals surface area contributed by atoms with Crippen LogP contribution in [0.15, 0.2) is 53.9 Å². The normalized spacial score (nSPS) is 17.4. The van der Waals surface area contributed by atoms with E-state index >= 15 is 0 Å². The molecule has 8 nitrogen and oxygen atoms in total. The first-order valence-electron chi connectivity index (χ1n) is 9.09. The average Bonchev–Trinajstić information content (AvgIpc) is 3.22. The maximum atomic E-state index is 14.0. The predicted octanol–water partition coefficient (Wildman–Crippen LogP) is 2.98. The van der Waals surface area contributed by atoms with Gasteiger partial charge in [-0.15, -0.1) is 0 Å². The minimum Gasteiger partial charge on any atom is -0.307 e. The topological polar surface area (TPSA) is 101 Å². The van der Waals surface area contributed by atoms with Crippen LogP contribution in [0.1, 0.15) is 30.1 Å². The molecule has 10 heteroatoms. The predicted molar refractivity (Wildman–Crippen MR) is 104 cm³/mol. The van der Waals surface area contributed by atoms with Crippen LogP contribution in [0.2, 0.25) is 0 Å². The van der Waals surface area contributed by atoms with Gasteiger partial charge in [-0.3, -0.25) is 4.98 Å². The Hall–Kier alpha value is -2.98. The summed E-state index contributed by atoms with van der Waals surface area (Å²) in [6.07, 6.45) is 7.54. The van der Waals surface area contributed by atoms with Crippen molar-refractivity contribution in [2.24, 2.45) is 0 Å². The fraction of sp³-hybridized carbons (Fsp3) is 0.263. The lowest BCUT2D eigenvalue weighted by Gasteiger charge is -2.24. The van der Waals surface area contributed by atoms with E-state index in [0.29, 0.717) is 42.4 Å². The van der Waals surface area contributed by atoms with Crippen molar-refractivity contribution in [2.45, 2.75) is 30.7 Å². The average molecular weight is 414 g/mol. The molecule has 0 aliphatic carbocycles. The number of anilines is 2. The molecule has 0 spiro atoms. The van der Waals surface area contributed by atoms with Gasteiger partial charge in [0.1, 0.15) is 5.82 Å². The molecule has 1 aliphatic rings. The number of nitrogens with one attached hydrogen (secondary N) is 1. The Bertz CT molecular complexity index is 1130. The van der Waals surface area contributed by atoms with Gasteiger partial charge in [0.2, 0.25) is 16.0 Å². The highest BCUT2D eigenvalue weighted by molar-refractivity contribution is 7.89. The standard InChI is InChI=1S/C19H19FN6O2S/c1-13-5-6-14(10-15(13)20)29(27,28)26-9-2-4-17(26)16-11-21-12-18(24-16)25-19-22-7-3-8-23-19/h3,5-8,10-12,17H,2,4,9H2,1H3,(H,22,23,24,25)/t17-/m0/s1. The molecule has 150 valence electrons. The summed E-state index contributed by atoms with van der Waals surface area (Å²) in [7, 11) is -3.87. The van der Waals surface area contributed by atoms with Gasteiger partial charge in [0.15, 0.2) is 5.82 Å². The summed E-state index contributed by atoms with van der Waals surface area (Å²) in [5.74, 6) is 0.236. The van der Waals surface area contributed by atoms with E-state index in [1.807, 2.05) is 0 Å². The molecule has 1 saturated heterocycles. The van der Waals surface area contributed by atoms with Gasteiger partial charge in [0.25, 0.3) is 0 Å². The second-order valence-electron chi connectivity index (χ2n) is 6.71. The molecule has 1 aromatic carbocycles. The van der Waals surface area contributed by atoms with Gasteiger partial charge in [-0.1, -0.05) is 6.07 Å². The fourth-order valence-corrected chi connectivity index (χ4v) is 4.95. The molecular formula is C19H19FN6O2S. The number of hydrogen-bond acceptors (Lipinski definition) is 7. The van der Waals surface area contributed by atoms with Crippen LogP contribution in [0.4, 0.5) is 16.2 Å². The third-order valence-corrected chi connectivity index (χ3v) is 6.66. The Morgan fingerprint density at radius 2 is 2.00 bits per heavy atom. The van der Waals surface area contributed by atoms with Gasteiger partial charge in [-0.05, 0) is 43.5 Å². The van der Waals surface area contributed by atoms with Crippen molar-refractivity contribution in [1.29, 1.82) is 0 Å². The molecule has 29 heavy (non-hydrogen) atoms. The lowest BCUT2D eigenvalue weighted by atomic mass is 10.2. The summed E-state index contributed by atoms with van der Waals surface area (Å²) < 4.78 is 41.6. The molecule has 0 saturated carbocycles. The summed E-state index contributed by atoms with van der Waals surface area (Å²) >= 11 is 0. The molecule has 1 aliphatic heterocycles. The summed E-state index contributed by atoms with van der Waals surface area (Å²) in [5, 5.41) is 2.95. The number of aryl methyl sites for hydroxylation is 1. The van der Waals surface area contributed by atoms with Crippen LogP contribution in [0.5, 0.6) is 0 Å². The number of rotatable bonds is 5. The van der Waals surface area contributed by atoms with Crippen LogP contribution < -0.4 is 5.32 Å². The zero-order chi connectivity index (χ0) is 20.4. The van der Waals surface area contributed by atoms with Gasteiger partial charge in [0.05, 0.1) is 29.0 Å². The third-order valence-electron chi connectivity index (χ3n) is 4.75. The van der Waals surface area contributed by atoms with Crippen LogP contribution in [-0.4, -0.2) is 39.2 Å². The van der Waals surface area contributed by atoms with Crippen LogP contribution in [0.3, 0.4) is 0 Å². The minimum absolute atomic E-state index is 0.0626. The first-order chi connectivity index (χ1) is 13.9. The van der Waals surface area contributed by atoms with Gasteiger partial charge in [-0.25, -0.2) is 27.8 Å². The van der Waals surface area contributed by atoms with Crippen LogP contribution in [0, 0.1) is 12.7 Å². The largest absolute Gasteiger partial charge is 0.307 e. The quantitative estimate of drug-likeness (QED) is 0.685. The lowest BCUT2D eigenvalue weighted by molar-refractivity contribution is 0.389. The molecule has 4 rings (SSSR count). The highest BCUT2D eigenvalue weighted by Gasteiger charge is 2.37. The summed E-state index contributed by atoms with van der Waals surface area (Å²) in [6.45, 7) is 1.93. The van der Waals surface area contributed by atoms with Gasteiger partial charge in [0, 0.05) is 18.9 Å². The molecule has 1 N–H and O–H groups in total. The molecular weight excluding hydrogens is 395 g/mol. The monoisotopic (exact) mass is 414 g/mol. The third kappa shape index (κ3) is 3.94. The smallest absolute Gasteiger partial charge is 0.243 e. The molecule has 0 radical (unpaired) electrons. The number of nitrogens with zero attached hydrogens (tertiary/aromatic N) is 5. The van der Waals surface area contributed by atoms with Crippen molar-refractivity contribution in [3.05, 3.63) is 66.1 Å². The van der Waals surface area contributed by atoms with E-state index in [2.05, 4.69) is 25.3 Å². The SMILES string of the molecule is Cc1ccc(S(=O)(=O)N2CCC[C@H]2c2cncc(Nc3ncccn3)n2)cc1F. The van der Waals surface area contributed by atoms with Crippen molar-refractivity contribution < 1.29 is 12.8 Å². The lowest BCUT2D eigenvalue weighted by Crippen LogP contribution is -2.31. The highest BCUT2D eigenvalue weighted by Crippen LogP contribution is 2.36. The van der Waals surface area contributed by atoms with E-state index in [-0.39, 0.29) is 4.90 Å². The number of aromatic nitrogens is 4. The van der Waals surface area contributed by atoms with E-state index in [4.69, 9.17) is 0 Å². The summed E-state index contributed by atoms with van der Waals surface area (Å²) in [5.41, 5.74) is 0.911. The van der Waals surface area contributed by atoms with Crippen molar-refractivity contribution in [1.82, 2.24) is 24.2 Å². The van der Waals surface area contributed by atoms with Crippen molar-refractivity contribution in [3.8, 4) is 0 Å². The summed E-state index contributed by atoms with van der Waals surface area (Å²) in [6, 6.07) is 5.19. The molecule has 2 aromatic heterocycles. The maximum Gasteiger partial charge on any atom is 0.243 e. The Kier molecular flexibility index (Phi) is 5.20. The number of benzene rings is 1. The van der Waals surface area contributed by atoms with Gasteiger partial charge < -0.3 is 5.32 Å². The molecule has 0 bridgehead atoms. The van der Waals surface area contributed by atoms with Crippen molar-refractivity contribution in [2.75, 3.05) is 11.9 Å². The zero-order valence-electron chi connectivity index (χ0n) is 15.7. The molecule has 3 heterocycles. The van der Waals surface area contributed by atoms with E-state index in [1.54, 1.807) is 31.6 Å². The first kappa shape index (κ1) is 19.3. The van der Waals surface area contributed by atoms with E-state index in [1.165, 1.54) is 22.6 Å². The highest BCUT2D eigenvalue weighted by atomic mass is 32.2. The minimum atomic E-state index is -3.87. The Morgan fingerprint density at radius 1 is 1.21 bits per heavy atom. The Balaban J connectivity index is 1.63. The molecule has 1 atom stereocenters. The number of hydrogen-bond donors (Lipinski definition) is 1. The van der Waals surface area contributed by atoms with Gasteiger partial charge in [-0.2, -0.15) is 4.31 Å². The molecule has 3 aromatic rings. The first-order valence-corrected chi connectivity index (χ1v) is 10.5. The van der Waals surface area contributed by atoms with Crippen LogP contribution in [-0.2, 0) is 10.0 Å². The summed E-state index contributed by atoms with van der Waals surface area (Å²) in [4.78, 5) is 16.8. The van der Waals surface area contributed by atoms with E-state index < -0.39 is 21.9 Å². The Morgan fingerprint density at radius 3 is 2.76 bits per heavy atom. The molecule has 0 unspecified atom stereocenters. The van der Waals surface area contributed by atoms with Crippen molar-refractivity contribution in [3.63, 3.8) is 0 Å². The fourth-order valence-electron chi connectivity index (χ4n) is 3.27. The second-order valence-corrected chi connectivity index (χ2v) is 8.60. The number of sulfonamides is 1. The van der Waals surface area contributed by atoms with Gasteiger partial charge >= 0.3 is 0 Å². The van der Waals surface area contributed by atoms with Crippen LogP contribution in [0.25, 0.3) is 0 Å². The van der Waals surface area contributed by atoms with Crippen LogP contribution >= 0.6 is 0 Å². The van der Waals surface area contributed by atoms with Crippen molar-refractivity contribution >= 4 is 21.8 Å². The number of halogens is 1. The zero-order valence-corrected chi connectivity index (χ0v) is 16.5. The molecule has 0 amide bonds.